The number of sulfonamides is 1. The van der Waals surface area contributed by atoms with Gasteiger partial charge in [-0.05, 0) is 49.2 Å². The molecule has 1 heterocycles. The van der Waals surface area contributed by atoms with Crippen LogP contribution in [0.2, 0.25) is 0 Å². The predicted octanol–water partition coefficient (Wildman–Crippen LogP) is 2.35. The van der Waals surface area contributed by atoms with E-state index in [-0.39, 0.29) is 43.6 Å². The second-order valence-electron chi connectivity index (χ2n) is 6.73. The SMILES string of the molecule is Cc1cccc(OCC(=O)N2CCN(S(=O)(=O)c3cccc(F)c3)CC2)c1C. The van der Waals surface area contributed by atoms with Crippen LogP contribution in [-0.2, 0) is 14.8 Å². The van der Waals surface area contributed by atoms with Gasteiger partial charge in [0.05, 0.1) is 4.90 Å². The first-order valence-electron chi connectivity index (χ1n) is 9.01. The first-order valence-corrected chi connectivity index (χ1v) is 10.5. The molecule has 1 aliphatic rings. The fourth-order valence-corrected chi connectivity index (χ4v) is 4.52. The van der Waals surface area contributed by atoms with Crippen LogP contribution in [0.1, 0.15) is 11.1 Å². The van der Waals surface area contributed by atoms with Crippen LogP contribution in [0.5, 0.6) is 5.75 Å². The highest BCUT2D eigenvalue weighted by molar-refractivity contribution is 7.89. The van der Waals surface area contributed by atoms with E-state index in [9.17, 15) is 17.6 Å². The van der Waals surface area contributed by atoms with E-state index < -0.39 is 15.8 Å². The average molecular weight is 406 g/mol. The zero-order chi connectivity index (χ0) is 20.3. The monoisotopic (exact) mass is 406 g/mol. The molecule has 3 rings (SSSR count). The first kappa shape index (κ1) is 20.3. The molecule has 0 spiro atoms. The Bertz CT molecular complexity index is 970. The maximum Gasteiger partial charge on any atom is 0.260 e. The molecule has 0 aliphatic carbocycles. The van der Waals surface area contributed by atoms with Gasteiger partial charge in [0.2, 0.25) is 10.0 Å². The zero-order valence-corrected chi connectivity index (χ0v) is 16.7. The van der Waals surface area contributed by atoms with E-state index in [1.54, 1.807) is 4.90 Å². The number of benzene rings is 2. The number of hydrogen-bond donors (Lipinski definition) is 0. The van der Waals surface area contributed by atoms with E-state index in [2.05, 4.69) is 0 Å². The van der Waals surface area contributed by atoms with Crippen LogP contribution in [0.3, 0.4) is 0 Å². The molecule has 0 saturated carbocycles. The zero-order valence-electron chi connectivity index (χ0n) is 15.9. The smallest absolute Gasteiger partial charge is 0.260 e. The van der Waals surface area contributed by atoms with Crippen molar-refractivity contribution >= 4 is 15.9 Å². The fourth-order valence-electron chi connectivity index (χ4n) is 3.07. The van der Waals surface area contributed by atoms with Crippen molar-refractivity contribution in [3.63, 3.8) is 0 Å². The Balaban J connectivity index is 1.57. The van der Waals surface area contributed by atoms with Crippen LogP contribution in [0.4, 0.5) is 4.39 Å². The average Bonchev–Trinajstić information content (AvgIpc) is 2.69. The molecular weight excluding hydrogens is 383 g/mol. The molecule has 0 radical (unpaired) electrons. The molecule has 150 valence electrons. The van der Waals surface area contributed by atoms with Crippen molar-refractivity contribution < 1.29 is 22.3 Å². The number of carbonyl (C=O) groups is 1. The molecule has 28 heavy (non-hydrogen) atoms. The van der Waals surface area contributed by atoms with Gasteiger partial charge in [-0.25, -0.2) is 12.8 Å². The lowest BCUT2D eigenvalue weighted by molar-refractivity contribution is -0.134. The van der Waals surface area contributed by atoms with Crippen molar-refractivity contribution in [2.75, 3.05) is 32.8 Å². The lowest BCUT2D eigenvalue weighted by atomic mass is 10.1. The number of carbonyl (C=O) groups excluding carboxylic acids is 1. The topological polar surface area (TPSA) is 66.9 Å². The number of rotatable bonds is 5. The molecule has 8 heteroatoms. The van der Waals surface area contributed by atoms with Crippen molar-refractivity contribution in [2.45, 2.75) is 18.7 Å². The van der Waals surface area contributed by atoms with Gasteiger partial charge in [0.1, 0.15) is 11.6 Å². The summed E-state index contributed by atoms with van der Waals surface area (Å²) < 4.78 is 45.5. The first-order chi connectivity index (χ1) is 13.3. The van der Waals surface area contributed by atoms with Gasteiger partial charge in [-0.15, -0.1) is 0 Å². The minimum Gasteiger partial charge on any atom is -0.483 e. The maximum absolute atomic E-state index is 13.4. The lowest BCUT2D eigenvalue weighted by Crippen LogP contribution is -2.51. The van der Waals surface area contributed by atoms with Crippen molar-refractivity contribution in [3.8, 4) is 5.75 Å². The van der Waals surface area contributed by atoms with Crippen LogP contribution in [0.25, 0.3) is 0 Å². The molecule has 2 aromatic rings. The third-order valence-corrected chi connectivity index (χ3v) is 6.83. The Kier molecular flexibility index (Phi) is 6.00. The van der Waals surface area contributed by atoms with Gasteiger partial charge in [-0.3, -0.25) is 4.79 Å². The largest absolute Gasteiger partial charge is 0.483 e. The van der Waals surface area contributed by atoms with Crippen LogP contribution >= 0.6 is 0 Å². The fraction of sp³-hybridized carbons (Fsp3) is 0.350. The molecule has 1 fully saturated rings. The molecule has 2 aromatic carbocycles. The molecule has 0 aromatic heterocycles. The molecule has 1 amide bonds. The Hall–Kier alpha value is -2.45. The van der Waals surface area contributed by atoms with Gasteiger partial charge >= 0.3 is 0 Å². The number of amides is 1. The molecule has 0 atom stereocenters. The Morgan fingerprint density at radius 2 is 1.75 bits per heavy atom. The molecule has 0 bridgehead atoms. The Morgan fingerprint density at radius 3 is 2.43 bits per heavy atom. The van der Waals surface area contributed by atoms with Crippen molar-refractivity contribution in [3.05, 3.63) is 59.4 Å². The summed E-state index contributed by atoms with van der Waals surface area (Å²) in [6.45, 7) is 4.67. The molecule has 0 N–H and O–H groups in total. The van der Waals surface area contributed by atoms with Crippen molar-refractivity contribution in [1.82, 2.24) is 9.21 Å². The second kappa shape index (κ2) is 8.28. The van der Waals surface area contributed by atoms with E-state index in [4.69, 9.17) is 4.74 Å². The maximum atomic E-state index is 13.4. The molecular formula is C20H23FN2O4S. The van der Waals surface area contributed by atoms with Crippen molar-refractivity contribution in [2.24, 2.45) is 0 Å². The normalized spacial score (nSPS) is 15.5. The van der Waals surface area contributed by atoms with Gasteiger partial charge in [0.25, 0.3) is 5.91 Å². The van der Waals surface area contributed by atoms with Gasteiger partial charge in [-0.1, -0.05) is 18.2 Å². The quantitative estimate of drug-likeness (QED) is 0.765. The number of piperazine rings is 1. The summed E-state index contributed by atoms with van der Waals surface area (Å²) in [6.07, 6.45) is 0. The van der Waals surface area contributed by atoms with Gasteiger partial charge in [-0.2, -0.15) is 4.31 Å². The summed E-state index contributed by atoms with van der Waals surface area (Å²) in [5.74, 6) is -0.122. The third-order valence-electron chi connectivity index (χ3n) is 4.93. The van der Waals surface area contributed by atoms with E-state index in [1.807, 2.05) is 32.0 Å². The summed E-state index contributed by atoms with van der Waals surface area (Å²) in [5, 5.41) is 0. The van der Waals surface area contributed by atoms with E-state index in [0.29, 0.717) is 5.75 Å². The minimum absolute atomic E-state index is 0.0782. The molecule has 1 aliphatic heterocycles. The minimum atomic E-state index is -3.78. The highest BCUT2D eigenvalue weighted by Crippen LogP contribution is 2.21. The van der Waals surface area contributed by atoms with E-state index in [1.165, 1.54) is 22.5 Å². The summed E-state index contributed by atoms with van der Waals surface area (Å²) in [4.78, 5) is 13.9. The van der Waals surface area contributed by atoms with Crippen LogP contribution in [0, 0.1) is 19.7 Å². The molecule has 6 nitrogen and oxygen atoms in total. The molecule has 0 unspecified atom stereocenters. The van der Waals surface area contributed by atoms with E-state index in [0.717, 1.165) is 17.2 Å². The van der Waals surface area contributed by atoms with Crippen LogP contribution in [0.15, 0.2) is 47.4 Å². The summed E-state index contributed by atoms with van der Waals surface area (Å²) in [6, 6.07) is 10.6. The standard InChI is InChI=1S/C20H23FN2O4S/c1-15-5-3-8-19(16(15)2)27-14-20(24)22-9-11-23(12-10-22)28(25,26)18-7-4-6-17(21)13-18/h3-8,13H,9-12,14H2,1-2H3. The summed E-state index contributed by atoms with van der Waals surface area (Å²) in [5.41, 5.74) is 2.07. The second-order valence-corrected chi connectivity index (χ2v) is 8.67. The number of aryl methyl sites for hydroxylation is 1. The van der Waals surface area contributed by atoms with Crippen LogP contribution < -0.4 is 4.74 Å². The number of hydrogen-bond acceptors (Lipinski definition) is 4. The predicted molar refractivity (Wildman–Crippen MR) is 103 cm³/mol. The highest BCUT2D eigenvalue weighted by atomic mass is 32.2. The van der Waals surface area contributed by atoms with Gasteiger partial charge in [0, 0.05) is 26.2 Å². The van der Waals surface area contributed by atoms with Gasteiger partial charge in [0.15, 0.2) is 6.61 Å². The lowest BCUT2D eigenvalue weighted by Gasteiger charge is -2.34. The molecule has 1 saturated heterocycles. The number of nitrogens with zero attached hydrogens (tertiary/aromatic N) is 2. The van der Waals surface area contributed by atoms with Crippen molar-refractivity contribution in [1.29, 1.82) is 0 Å². The third kappa shape index (κ3) is 4.34. The van der Waals surface area contributed by atoms with Crippen LogP contribution in [-0.4, -0.2) is 56.3 Å². The Morgan fingerprint density at radius 1 is 1.07 bits per heavy atom. The number of ether oxygens (including phenoxy) is 1. The highest BCUT2D eigenvalue weighted by Gasteiger charge is 2.30. The summed E-state index contributed by atoms with van der Waals surface area (Å²) in [7, 11) is -3.78. The Labute approximate surface area is 164 Å². The van der Waals surface area contributed by atoms with E-state index >= 15 is 0 Å². The summed E-state index contributed by atoms with van der Waals surface area (Å²) >= 11 is 0. The van der Waals surface area contributed by atoms with Gasteiger partial charge < -0.3 is 9.64 Å². The number of halogens is 1.